The molecule has 0 saturated carbocycles. The van der Waals surface area contributed by atoms with E-state index in [1.54, 1.807) is 0 Å². The van der Waals surface area contributed by atoms with Crippen LogP contribution in [0.1, 0.15) is 25.3 Å². The van der Waals surface area contributed by atoms with Gasteiger partial charge >= 0.3 is 0 Å². The SMILES string of the molecule is CCCCN=C1Nc2cc(Cl)ccc2Nc2ccccc21. The largest absolute Gasteiger partial charge is 0.353 e. The lowest BCUT2D eigenvalue weighted by Crippen LogP contribution is -2.13. The lowest BCUT2D eigenvalue weighted by atomic mass is 10.1. The minimum atomic E-state index is 0.710. The number of hydrogen-bond acceptors (Lipinski definition) is 2. The molecule has 2 aromatic rings. The third-order valence-electron chi connectivity index (χ3n) is 3.47. The fourth-order valence-corrected chi connectivity index (χ4v) is 2.51. The molecule has 0 amide bonds. The van der Waals surface area contributed by atoms with Crippen LogP contribution in [0.3, 0.4) is 0 Å². The standard InChI is InChI=1S/C17H18ClN3/c1-2-3-10-19-17-13-6-4-5-7-14(13)20-15-9-8-12(18)11-16(15)21-17/h4-9,11,20H,2-3,10H2,1H3,(H,19,21). The average Bonchev–Trinajstić information content (AvgIpc) is 2.64. The lowest BCUT2D eigenvalue weighted by Gasteiger charge is -2.09. The van der Waals surface area contributed by atoms with Crippen LogP contribution in [0.25, 0.3) is 0 Å². The van der Waals surface area contributed by atoms with Crippen LogP contribution in [0.5, 0.6) is 0 Å². The van der Waals surface area contributed by atoms with Gasteiger partial charge in [-0.2, -0.15) is 0 Å². The minimum Gasteiger partial charge on any atom is -0.353 e. The normalized spacial score (nSPS) is 14.7. The number of hydrogen-bond donors (Lipinski definition) is 2. The van der Waals surface area contributed by atoms with Crippen molar-refractivity contribution in [1.82, 2.24) is 0 Å². The molecule has 0 unspecified atom stereocenters. The Hall–Kier alpha value is -2.00. The van der Waals surface area contributed by atoms with Crippen LogP contribution in [-0.2, 0) is 0 Å². The summed E-state index contributed by atoms with van der Waals surface area (Å²) in [6, 6.07) is 14.0. The van der Waals surface area contributed by atoms with E-state index in [1.807, 2.05) is 30.3 Å². The zero-order valence-corrected chi connectivity index (χ0v) is 12.7. The van der Waals surface area contributed by atoms with Gasteiger partial charge < -0.3 is 10.6 Å². The van der Waals surface area contributed by atoms with Crippen LogP contribution >= 0.6 is 11.6 Å². The first kappa shape index (κ1) is 14.0. The van der Waals surface area contributed by atoms with Gasteiger partial charge in [0.1, 0.15) is 5.84 Å². The van der Waals surface area contributed by atoms with E-state index in [4.69, 9.17) is 16.6 Å². The zero-order valence-electron chi connectivity index (χ0n) is 12.0. The number of halogens is 1. The molecule has 1 aliphatic heterocycles. The minimum absolute atomic E-state index is 0.710. The first-order chi connectivity index (χ1) is 10.3. The fourth-order valence-electron chi connectivity index (χ4n) is 2.34. The topological polar surface area (TPSA) is 36.4 Å². The lowest BCUT2D eigenvalue weighted by molar-refractivity contribution is 0.808. The molecule has 2 N–H and O–H groups in total. The Balaban J connectivity index is 2.05. The summed E-state index contributed by atoms with van der Waals surface area (Å²) < 4.78 is 0. The van der Waals surface area contributed by atoms with Gasteiger partial charge in [0.15, 0.2) is 0 Å². The molecule has 0 saturated heterocycles. The molecule has 0 bridgehead atoms. The van der Waals surface area contributed by atoms with E-state index >= 15 is 0 Å². The van der Waals surface area contributed by atoms with E-state index in [-0.39, 0.29) is 0 Å². The maximum Gasteiger partial charge on any atom is 0.134 e. The summed E-state index contributed by atoms with van der Waals surface area (Å²) in [5, 5.41) is 7.58. The molecule has 0 radical (unpaired) electrons. The maximum absolute atomic E-state index is 6.11. The summed E-state index contributed by atoms with van der Waals surface area (Å²) in [5.74, 6) is 0.896. The molecule has 2 aromatic carbocycles. The Labute approximate surface area is 130 Å². The van der Waals surface area contributed by atoms with Gasteiger partial charge in [-0.25, -0.2) is 0 Å². The van der Waals surface area contributed by atoms with Gasteiger partial charge in [0.2, 0.25) is 0 Å². The quantitative estimate of drug-likeness (QED) is 0.778. The second-order valence-electron chi connectivity index (χ2n) is 5.07. The van der Waals surface area contributed by atoms with Gasteiger partial charge in [0, 0.05) is 22.8 Å². The maximum atomic E-state index is 6.11. The molecule has 108 valence electrons. The summed E-state index contributed by atoms with van der Waals surface area (Å²) in [4.78, 5) is 4.73. The Kier molecular flexibility index (Phi) is 4.11. The van der Waals surface area contributed by atoms with Crippen molar-refractivity contribution in [2.45, 2.75) is 19.8 Å². The van der Waals surface area contributed by atoms with Crippen molar-refractivity contribution in [2.24, 2.45) is 4.99 Å². The van der Waals surface area contributed by atoms with E-state index in [2.05, 4.69) is 29.7 Å². The van der Waals surface area contributed by atoms with Crippen molar-refractivity contribution < 1.29 is 0 Å². The molecule has 1 heterocycles. The molecule has 0 atom stereocenters. The molecule has 0 aromatic heterocycles. The van der Waals surface area contributed by atoms with Gasteiger partial charge in [0.05, 0.1) is 11.4 Å². The Morgan fingerprint density at radius 1 is 1.00 bits per heavy atom. The van der Waals surface area contributed by atoms with E-state index in [0.29, 0.717) is 5.02 Å². The number of benzene rings is 2. The first-order valence-electron chi connectivity index (χ1n) is 7.25. The molecule has 3 nitrogen and oxygen atoms in total. The van der Waals surface area contributed by atoms with Crippen molar-refractivity contribution in [3.05, 3.63) is 53.1 Å². The molecule has 1 aliphatic rings. The molecule has 0 spiro atoms. The highest BCUT2D eigenvalue weighted by Crippen LogP contribution is 2.33. The van der Waals surface area contributed by atoms with E-state index in [1.165, 1.54) is 0 Å². The Morgan fingerprint density at radius 2 is 1.86 bits per heavy atom. The molecule has 0 fully saturated rings. The summed E-state index contributed by atoms with van der Waals surface area (Å²) in [6.07, 6.45) is 2.22. The first-order valence-corrected chi connectivity index (χ1v) is 7.63. The number of fused-ring (bicyclic) bond motifs is 2. The summed E-state index contributed by atoms with van der Waals surface area (Å²) in [7, 11) is 0. The number of nitrogens with zero attached hydrogens (tertiary/aromatic N) is 1. The molecular weight excluding hydrogens is 282 g/mol. The number of rotatable bonds is 3. The fraction of sp³-hybridized carbons (Fsp3) is 0.235. The van der Waals surface area contributed by atoms with Crippen LogP contribution in [-0.4, -0.2) is 12.4 Å². The highest BCUT2D eigenvalue weighted by atomic mass is 35.5. The molecule has 4 heteroatoms. The van der Waals surface area contributed by atoms with Gasteiger partial charge in [-0.3, -0.25) is 4.99 Å². The van der Waals surface area contributed by atoms with Gasteiger partial charge in [-0.15, -0.1) is 0 Å². The Bertz CT molecular complexity index is 679. The summed E-state index contributed by atoms with van der Waals surface area (Å²) in [6.45, 7) is 2.99. The second kappa shape index (κ2) is 6.19. The predicted molar refractivity (Wildman–Crippen MR) is 91.1 cm³/mol. The summed E-state index contributed by atoms with van der Waals surface area (Å²) in [5.41, 5.74) is 4.10. The van der Waals surface area contributed by atoms with Crippen LogP contribution in [0.4, 0.5) is 17.1 Å². The number of aliphatic imine (C=N–C) groups is 1. The Morgan fingerprint density at radius 3 is 2.71 bits per heavy atom. The van der Waals surface area contributed by atoms with Crippen molar-refractivity contribution >= 4 is 34.5 Å². The predicted octanol–water partition coefficient (Wildman–Crippen LogP) is 5.06. The van der Waals surface area contributed by atoms with Crippen LogP contribution in [0, 0.1) is 0 Å². The summed E-state index contributed by atoms with van der Waals surface area (Å²) >= 11 is 6.11. The zero-order chi connectivity index (χ0) is 14.7. The highest BCUT2D eigenvalue weighted by Gasteiger charge is 2.16. The smallest absolute Gasteiger partial charge is 0.134 e. The molecule has 21 heavy (non-hydrogen) atoms. The third-order valence-corrected chi connectivity index (χ3v) is 3.70. The van der Waals surface area contributed by atoms with Gasteiger partial charge in [-0.1, -0.05) is 37.1 Å². The number of amidine groups is 1. The van der Waals surface area contributed by atoms with Crippen molar-refractivity contribution in [3.63, 3.8) is 0 Å². The van der Waals surface area contributed by atoms with E-state index in [0.717, 1.165) is 47.8 Å². The van der Waals surface area contributed by atoms with Gasteiger partial charge in [-0.05, 0) is 36.8 Å². The molecule has 3 rings (SSSR count). The van der Waals surface area contributed by atoms with Crippen LogP contribution in [0.2, 0.25) is 5.02 Å². The number of anilines is 3. The molecular formula is C17H18ClN3. The van der Waals surface area contributed by atoms with Gasteiger partial charge in [0.25, 0.3) is 0 Å². The van der Waals surface area contributed by atoms with Crippen LogP contribution in [0.15, 0.2) is 47.5 Å². The number of nitrogens with one attached hydrogen (secondary N) is 2. The second-order valence-corrected chi connectivity index (χ2v) is 5.51. The van der Waals surface area contributed by atoms with Crippen molar-refractivity contribution in [3.8, 4) is 0 Å². The third kappa shape index (κ3) is 3.03. The van der Waals surface area contributed by atoms with E-state index in [9.17, 15) is 0 Å². The number of unbranched alkanes of at least 4 members (excludes halogenated alkanes) is 1. The van der Waals surface area contributed by atoms with E-state index < -0.39 is 0 Å². The molecule has 0 aliphatic carbocycles. The van der Waals surface area contributed by atoms with Crippen LogP contribution < -0.4 is 10.6 Å². The van der Waals surface area contributed by atoms with Crippen molar-refractivity contribution in [2.75, 3.05) is 17.2 Å². The monoisotopic (exact) mass is 299 g/mol. The average molecular weight is 300 g/mol. The number of para-hydroxylation sites is 1. The van der Waals surface area contributed by atoms with Crippen molar-refractivity contribution in [1.29, 1.82) is 0 Å². The highest BCUT2D eigenvalue weighted by molar-refractivity contribution is 6.31.